The standard InChI is InChI=1S/C37H42N4O8/c1-24-31(32(33(34(38)39-24)35(42)48-4)25-7-5-8-28(23-25)41(44)45)36(43)49-22-6-19-40-20-17-37(18-21-40,26-9-13-29(46-2)14-10-26)27-11-15-30(47-3)16-12-27/h5,7-16,23,32,39H,6,17-22,38H2,1-4H3. The molecule has 0 spiro atoms. The number of likely N-dealkylation sites (tertiary alicyclic amines) is 1. The van der Waals surface area contributed by atoms with Gasteiger partial charge < -0.3 is 34.9 Å². The third-order valence-corrected chi connectivity index (χ3v) is 9.48. The molecule has 0 bridgehead atoms. The average molecular weight is 671 g/mol. The normalized spacial score (nSPS) is 17.6. The minimum absolute atomic E-state index is 0.00265. The van der Waals surface area contributed by atoms with E-state index in [1.807, 2.05) is 24.3 Å². The number of dihydropyridines is 1. The second-order valence-electron chi connectivity index (χ2n) is 12.1. The molecule has 5 rings (SSSR count). The van der Waals surface area contributed by atoms with Gasteiger partial charge in [0, 0.05) is 29.8 Å². The average Bonchev–Trinajstić information content (AvgIpc) is 3.13. The smallest absolute Gasteiger partial charge is 0.338 e. The van der Waals surface area contributed by atoms with Crippen LogP contribution in [0.1, 0.15) is 48.8 Å². The first-order valence-corrected chi connectivity index (χ1v) is 16.1. The van der Waals surface area contributed by atoms with Gasteiger partial charge >= 0.3 is 11.9 Å². The van der Waals surface area contributed by atoms with Crippen molar-refractivity contribution in [1.29, 1.82) is 0 Å². The molecule has 2 aliphatic heterocycles. The monoisotopic (exact) mass is 670 g/mol. The number of carbonyl (C=O) groups is 2. The van der Waals surface area contributed by atoms with Crippen LogP contribution in [0.25, 0.3) is 0 Å². The summed E-state index contributed by atoms with van der Waals surface area (Å²) in [7, 11) is 4.53. The summed E-state index contributed by atoms with van der Waals surface area (Å²) in [5.41, 5.74) is 9.14. The highest BCUT2D eigenvalue weighted by molar-refractivity contribution is 5.99. The van der Waals surface area contributed by atoms with Crippen molar-refractivity contribution < 1.29 is 33.5 Å². The first-order valence-electron chi connectivity index (χ1n) is 16.1. The van der Waals surface area contributed by atoms with E-state index >= 15 is 0 Å². The van der Waals surface area contributed by atoms with Crippen molar-refractivity contribution in [3.05, 3.63) is 122 Å². The molecule has 1 unspecified atom stereocenters. The quantitative estimate of drug-likeness (QED) is 0.117. The van der Waals surface area contributed by atoms with Gasteiger partial charge in [0.25, 0.3) is 5.69 Å². The number of hydrogen-bond donors (Lipinski definition) is 2. The molecule has 3 aromatic rings. The Hall–Kier alpha value is -5.36. The number of benzene rings is 3. The SMILES string of the molecule is COC(=O)C1=C(N)NC(C)=C(C(=O)OCCCN2CCC(c3ccc(OC)cc3)(c3ccc(OC)cc3)CC2)C1c1cccc([N+](=O)[O-])c1. The number of hydrogen-bond acceptors (Lipinski definition) is 11. The molecule has 1 saturated heterocycles. The van der Waals surface area contributed by atoms with Crippen LogP contribution in [-0.4, -0.2) is 69.3 Å². The first-order chi connectivity index (χ1) is 23.6. The molecule has 258 valence electrons. The number of methoxy groups -OCH3 is 3. The molecule has 1 fully saturated rings. The van der Waals surface area contributed by atoms with Gasteiger partial charge in [-0.05, 0) is 80.2 Å². The van der Waals surface area contributed by atoms with Gasteiger partial charge in [0.1, 0.15) is 17.3 Å². The highest BCUT2D eigenvalue weighted by Gasteiger charge is 2.40. The van der Waals surface area contributed by atoms with Crippen molar-refractivity contribution in [2.45, 2.75) is 37.5 Å². The lowest BCUT2D eigenvalue weighted by Gasteiger charge is -2.43. The third-order valence-electron chi connectivity index (χ3n) is 9.48. The van der Waals surface area contributed by atoms with Crippen molar-refractivity contribution in [1.82, 2.24) is 10.2 Å². The number of ether oxygens (including phenoxy) is 4. The highest BCUT2D eigenvalue weighted by Crippen LogP contribution is 2.43. The zero-order valence-electron chi connectivity index (χ0n) is 28.2. The molecule has 0 radical (unpaired) electrons. The van der Waals surface area contributed by atoms with Crippen LogP contribution in [0.15, 0.2) is 95.5 Å². The number of nitrogens with zero attached hydrogens (tertiary/aromatic N) is 2. The fraction of sp³-hybridized carbons (Fsp3) is 0.351. The van der Waals surface area contributed by atoms with Gasteiger partial charge in [-0.2, -0.15) is 0 Å². The van der Waals surface area contributed by atoms with Crippen molar-refractivity contribution in [2.75, 3.05) is 47.6 Å². The van der Waals surface area contributed by atoms with E-state index in [0.29, 0.717) is 17.7 Å². The number of nitro groups is 1. The molecule has 2 heterocycles. The summed E-state index contributed by atoms with van der Waals surface area (Å²) < 4.78 is 21.5. The summed E-state index contributed by atoms with van der Waals surface area (Å²) in [6, 6.07) is 22.3. The van der Waals surface area contributed by atoms with Gasteiger partial charge in [-0.3, -0.25) is 10.1 Å². The number of rotatable bonds is 12. The Bertz CT molecular complexity index is 1690. The molecule has 0 amide bonds. The Balaban J connectivity index is 1.26. The molecule has 12 heteroatoms. The number of piperidine rings is 1. The van der Waals surface area contributed by atoms with Crippen LogP contribution in [0.2, 0.25) is 0 Å². The first kappa shape index (κ1) is 35.0. The summed E-state index contributed by atoms with van der Waals surface area (Å²) in [5.74, 6) is -0.798. The number of non-ortho nitro benzene ring substituents is 1. The van der Waals surface area contributed by atoms with Crippen LogP contribution in [0.3, 0.4) is 0 Å². The van der Waals surface area contributed by atoms with Crippen molar-refractivity contribution in [2.24, 2.45) is 5.73 Å². The second-order valence-corrected chi connectivity index (χ2v) is 12.1. The van der Waals surface area contributed by atoms with Gasteiger partial charge in [0.2, 0.25) is 0 Å². The summed E-state index contributed by atoms with van der Waals surface area (Å²) >= 11 is 0. The van der Waals surface area contributed by atoms with Crippen LogP contribution in [0, 0.1) is 10.1 Å². The van der Waals surface area contributed by atoms with Gasteiger partial charge in [0.05, 0.1) is 49.9 Å². The van der Waals surface area contributed by atoms with Crippen molar-refractivity contribution in [3.63, 3.8) is 0 Å². The van der Waals surface area contributed by atoms with Crippen LogP contribution < -0.4 is 20.5 Å². The maximum absolute atomic E-state index is 13.6. The van der Waals surface area contributed by atoms with E-state index in [2.05, 4.69) is 34.5 Å². The molecule has 0 aliphatic carbocycles. The van der Waals surface area contributed by atoms with Gasteiger partial charge in [-0.15, -0.1) is 0 Å². The molecular formula is C37H42N4O8. The Morgan fingerprint density at radius 3 is 2.04 bits per heavy atom. The van der Waals surface area contributed by atoms with Crippen molar-refractivity contribution in [3.8, 4) is 11.5 Å². The molecule has 3 aromatic carbocycles. The van der Waals surface area contributed by atoms with E-state index in [9.17, 15) is 19.7 Å². The number of nitrogens with one attached hydrogen (secondary N) is 1. The van der Waals surface area contributed by atoms with Gasteiger partial charge in [-0.25, -0.2) is 9.59 Å². The minimum Gasteiger partial charge on any atom is -0.497 e. The molecule has 49 heavy (non-hydrogen) atoms. The molecule has 3 N–H and O–H groups in total. The Kier molecular flexibility index (Phi) is 10.9. The minimum atomic E-state index is -1.02. The fourth-order valence-corrected chi connectivity index (χ4v) is 6.87. The van der Waals surface area contributed by atoms with Crippen LogP contribution in [0.4, 0.5) is 5.69 Å². The molecule has 1 atom stereocenters. The number of nitro benzene ring substituents is 1. The maximum Gasteiger partial charge on any atom is 0.338 e. The van der Waals surface area contributed by atoms with Crippen molar-refractivity contribution >= 4 is 17.6 Å². The largest absolute Gasteiger partial charge is 0.497 e. The van der Waals surface area contributed by atoms with Crippen LogP contribution in [-0.2, 0) is 24.5 Å². The van der Waals surface area contributed by atoms with Crippen LogP contribution >= 0.6 is 0 Å². The Labute approximate surface area is 285 Å². The van der Waals surface area contributed by atoms with Gasteiger partial charge in [0.15, 0.2) is 0 Å². The van der Waals surface area contributed by atoms with E-state index in [1.54, 1.807) is 27.2 Å². The topological polar surface area (TPSA) is 155 Å². The van der Waals surface area contributed by atoms with E-state index in [-0.39, 0.29) is 34.7 Å². The number of carbonyl (C=O) groups excluding carboxylic acids is 2. The number of esters is 2. The van der Waals surface area contributed by atoms with E-state index in [0.717, 1.165) is 44.0 Å². The lowest BCUT2D eigenvalue weighted by Crippen LogP contribution is -2.43. The maximum atomic E-state index is 13.6. The lowest BCUT2D eigenvalue weighted by molar-refractivity contribution is -0.384. The second kappa shape index (κ2) is 15.2. The summed E-state index contributed by atoms with van der Waals surface area (Å²) in [6.07, 6.45) is 2.39. The van der Waals surface area contributed by atoms with E-state index in [1.165, 1.54) is 36.4 Å². The predicted molar refractivity (Wildman–Crippen MR) is 183 cm³/mol. The third kappa shape index (κ3) is 7.39. The molecule has 2 aliphatic rings. The molecule has 0 aromatic heterocycles. The predicted octanol–water partition coefficient (Wildman–Crippen LogP) is 4.93. The lowest BCUT2D eigenvalue weighted by atomic mass is 9.68. The summed E-state index contributed by atoms with van der Waals surface area (Å²) in [6.45, 7) is 4.21. The summed E-state index contributed by atoms with van der Waals surface area (Å²) in [4.78, 5) is 39.8. The number of allylic oxidation sites excluding steroid dienone is 1. The molecule has 0 saturated carbocycles. The summed E-state index contributed by atoms with van der Waals surface area (Å²) in [5, 5.41) is 14.4. The zero-order chi connectivity index (χ0) is 35.1. The fourth-order valence-electron chi connectivity index (χ4n) is 6.87. The van der Waals surface area contributed by atoms with Crippen LogP contribution in [0.5, 0.6) is 11.5 Å². The van der Waals surface area contributed by atoms with E-state index in [4.69, 9.17) is 24.7 Å². The molecular weight excluding hydrogens is 628 g/mol. The Morgan fingerprint density at radius 1 is 0.918 bits per heavy atom. The Morgan fingerprint density at radius 2 is 1.51 bits per heavy atom. The highest BCUT2D eigenvalue weighted by atomic mass is 16.6. The van der Waals surface area contributed by atoms with E-state index < -0.39 is 22.8 Å². The zero-order valence-corrected chi connectivity index (χ0v) is 28.2. The number of nitrogens with two attached hydrogens (primary N) is 1. The van der Waals surface area contributed by atoms with Gasteiger partial charge in [-0.1, -0.05) is 36.4 Å². The molecule has 12 nitrogen and oxygen atoms in total.